The molecular weight excluding hydrogens is 230 g/mol. The Morgan fingerprint density at radius 3 is 2.94 bits per heavy atom. The lowest BCUT2D eigenvalue weighted by Crippen LogP contribution is -2.16. The highest BCUT2D eigenvalue weighted by Crippen LogP contribution is 2.04. The number of rotatable bonds is 2. The summed E-state index contributed by atoms with van der Waals surface area (Å²) >= 11 is 0. The first-order chi connectivity index (χ1) is 8.84. The summed E-state index contributed by atoms with van der Waals surface area (Å²) in [5.74, 6) is 0.579. The van der Waals surface area contributed by atoms with Gasteiger partial charge in [0, 0.05) is 0 Å². The summed E-state index contributed by atoms with van der Waals surface area (Å²) in [4.78, 5) is 16.2. The molecule has 0 atom stereocenters. The van der Waals surface area contributed by atoms with Gasteiger partial charge < -0.3 is 4.42 Å². The lowest BCUT2D eigenvalue weighted by molar-refractivity contribution is 0.559. The zero-order valence-corrected chi connectivity index (χ0v) is 9.35. The smallest absolute Gasteiger partial charge is 0.281 e. The van der Waals surface area contributed by atoms with Crippen LogP contribution in [0, 0.1) is 0 Å². The second-order valence-electron chi connectivity index (χ2n) is 3.67. The van der Waals surface area contributed by atoms with Crippen LogP contribution < -0.4 is 5.56 Å². The predicted octanol–water partition coefficient (Wildman–Crippen LogP) is 1.87. The molecule has 0 bridgehead atoms. The van der Waals surface area contributed by atoms with E-state index in [0.717, 1.165) is 0 Å². The van der Waals surface area contributed by atoms with Crippen LogP contribution in [0.1, 0.15) is 5.76 Å². The summed E-state index contributed by atoms with van der Waals surface area (Å²) in [5, 5.41) is 4.56. The standard InChI is InChI=1S/C13H9N3O2/c17-13-11-5-1-2-6-12(11)14-9-16(13)15-8-10-4-3-7-18-10/h1-9H/b15-8+. The highest BCUT2D eigenvalue weighted by molar-refractivity contribution is 5.78. The molecule has 2 heterocycles. The van der Waals surface area contributed by atoms with E-state index in [1.54, 1.807) is 36.6 Å². The van der Waals surface area contributed by atoms with E-state index in [1.165, 1.54) is 17.2 Å². The van der Waals surface area contributed by atoms with Gasteiger partial charge in [0.1, 0.15) is 12.1 Å². The van der Waals surface area contributed by atoms with E-state index in [4.69, 9.17) is 4.42 Å². The van der Waals surface area contributed by atoms with Crippen LogP contribution in [-0.4, -0.2) is 15.9 Å². The second-order valence-corrected chi connectivity index (χ2v) is 3.67. The minimum absolute atomic E-state index is 0.205. The van der Waals surface area contributed by atoms with Crippen molar-refractivity contribution in [2.24, 2.45) is 5.10 Å². The normalized spacial score (nSPS) is 11.3. The predicted molar refractivity (Wildman–Crippen MR) is 67.7 cm³/mol. The van der Waals surface area contributed by atoms with E-state index in [9.17, 15) is 4.79 Å². The van der Waals surface area contributed by atoms with Gasteiger partial charge in [-0.05, 0) is 24.3 Å². The third-order valence-electron chi connectivity index (χ3n) is 2.50. The SMILES string of the molecule is O=c1c2ccccc2ncn1/N=C/c1ccco1. The minimum Gasteiger partial charge on any atom is -0.463 e. The summed E-state index contributed by atoms with van der Waals surface area (Å²) in [5.41, 5.74) is 0.454. The molecule has 3 aromatic rings. The van der Waals surface area contributed by atoms with E-state index in [2.05, 4.69) is 10.1 Å². The number of hydrogen-bond acceptors (Lipinski definition) is 4. The topological polar surface area (TPSA) is 60.4 Å². The van der Waals surface area contributed by atoms with Crippen molar-refractivity contribution in [2.75, 3.05) is 0 Å². The average Bonchev–Trinajstić information content (AvgIpc) is 2.91. The number of hydrogen-bond donors (Lipinski definition) is 0. The number of para-hydroxylation sites is 1. The number of nitrogens with zero attached hydrogens (tertiary/aromatic N) is 3. The van der Waals surface area contributed by atoms with Crippen LogP contribution in [0.5, 0.6) is 0 Å². The highest BCUT2D eigenvalue weighted by Gasteiger charge is 2.01. The largest absolute Gasteiger partial charge is 0.463 e. The van der Waals surface area contributed by atoms with Crippen LogP contribution in [0.3, 0.4) is 0 Å². The van der Waals surface area contributed by atoms with Crippen molar-refractivity contribution in [1.82, 2.24) is 9.66 Å². The van der Waals surface area contributed by atoms with Gasteiger partial charge in [-0.2, -0.15) is 9.78 Å². The third-order valence-corrected chi connectivity index (χ3v) is 2.50. The van der Waals surface area contributed by atoms with Crippen molar-refractivity contribution in [3.8, 4) is 0 Å². The van der Waals surface area contributed by atoms with Gasteiger partial charge in [0.05, 0.1) is 23.4 Å². The Morgan fingerprint density at radius 1 is 1.22 bits per heavy atom. The number of benzene rings is 1. The molecule has 0 N–H and O–H groups in total. The summed E-state index contributed by atoms with van der Waals surface area (Å²) < 4.78 is 6.28. The molecule has 5 nitrogen and oxygen atoms in total. The molecule has 0 saturated carbocycles. The first-order valence-electron chi connectivity index (χ1n) is 5.39. The van der Waals surface area contributed by atoms with Crippen molar-refractivity contribution in [3.05, 3.63) is 65.1 Å². The van der Waals surface area contributed by atoms with Crippen LogP contribution >= 0.6 is 0 Å². The van der Waals surface area contributed by atoms with Crippen molar-refractivity contribution < 1.29 is 4.42 Å². The molecule has 3 rings (SSSR count). The Kier molecular flexibility index (Phi) is 2.49. The van der Waals surface area contributed by atoms with Crippen LogP contribution in [0.25, 0.3) is 10.9 Å². The van der Waals surface area contributed by atoms with Gasteiger partial charge in [0.25, 0.3) is 5.56 Å². The van der Waals surface area contributed by atoms with Crippen molar-refractivity contribution in [1.29, 1.82) is 0 Å². The number of fused-ring (bicyclic) bond motifs is 1. The summed E-state index contributed by atoms with van der Waals surface area (Å²) in [6.07, 6.45) is 4.41. The molecule has 88 valence electrons. The molecule has 0 fully saturated rings. The summed E-state index contributed by atoms with van der Waals surface area (Å²) in [6, 6.07) is 10.7. The van der Waals surface area contributed by atoms with E-state index in [-0.39, 0.29) is 5.56 Å². The van der Waals surface area contributed by atoms with Crippen LogP contribution in [0.4, 0.5) is 0 Å². The molecule has 0 aliphatic rings. The van der Waals surface area contributed by atoms with Crippen molar-refractivity contribution >= 4 is 17.1 Å². The van der Waals surface area contributed by atoms with E-state index in [0.29, 0.717) is 16.7 Å². The summed E-state index contributed by atoms with van der Waals surface area (Å²) in [6.45, 7) is 0. The Bertz CT molecular complexity index is 757. The summed E-state index contributed by atoms with van der Waals surface area (Å²) in [7, 11) is 0. The maximum Gasteiger partial charge on any atom is 0.281 e. The first-order valence-corrected chi connectivity index (χ1v) is 5.39. The molecule has 0 aliphatic heterocycles. The molecule has 0 spiro atoms. The fourth-order valence-corrected chi connectivity index (χ4v) is 1.63. The average molecular weight is 239 g/mol. The van der Waals surface area contributed by atoms with E-state index in [1.807, 2.05) is 6.07 Å². The Morgan fingerprint density at radius 2 is 2.11 bits per heavy atom. The molecule has 0 saturated heterocycles. The molecule has 2 aromatic heterocycles. The Labute approximate surface area is 102 Å². The fraction of sp³-hybridized carbons (Fsp3) is 0. The molecule has 0 radical (unpaired) electrons. The van der Waals surface area contributed by atoms with Gasteiger partial charge in [-0.15, -0.1) is 0 Å². The van der Waals surface area contributed by atoms with Crippen molar-refractivity contribution in [3.63, 3.8) is 0 Å². The van der Waals surface area contributed by atoms with Crippen molar-refractivity contribution in [2.45, 2.75) is 0 Å². The Balaban J connectivity index is 2.08. The van der Waals surface area contributed by atoms with Gasteiger partial charge in [-0.25, -0.2) is 4.98 Å². The zero-order chi connectivity index (χ0) is 12.4. The lowest BCUT2D eigenvalue weighted by Gasteiger charge is -1.99. The lowest BCUT2D eigenvalue weighted by atomic mass is 10.2. The highest BCUT2D eigenvalue weighted by atomic mass is 16.3. The first kappa shape index (κ1) is 10.5. The van der Waals surface area contributed by atoms with Gasteiger partial charge in [-0.1, -0.05) is 12.1 Å². The quantitative estimate of drug-likeness (QED) is 0.641. The van der Waals surface area contributed by atoms with Crippen LogP contribution in [0.15, 0.2) is 63.3 Å². The minimum atomic E-state index is -0.205. The van der Waals surface area contributed by atoms with Gasteiger partial charge >= 0.3 is 0 Å². The maximum absolute atomic E-state index is 12.1. The number of aromatic nitrogens is 2. The maximum atomic E-state index is 12.1. The van der Waals surface area contributed by atoms with Gasteiger partial charge in [0.2, 0.25) is 0 Å². The van der Waals surface area contributed by atoms with Gasteiger partial charge in [-0.3, -0.25) is 4.79 Å². The van der Waals surface area contributed by atoms with E-state index < -0.39 is 0 Å². The molecule has 0 unspecified atom stereocenters. The molecule has 5 heteroatoms. The monoisotopic (exact) mass is 239 g/mol. The third kappa shape index (κ3) is 1.82. The van der Waals surface area contributed by atoms with Crippen LogP contribution in [-0.2, 0) is 0 Å². The number of furan rings is 1. The Hall–Kier alpha value is -2.69. The molecule has 0 aliphatic carbocycles. The fourth-order valence-electron chi connectivity index (χ4n) is 1.63. The molecular formula is C13H9N3O2. The van der Waals surface area contributed by atoms with E-state index >= 15 is 0 Å². The molecule has 1 aromatic carbocycles. The molecule has 18 heavy (non-hydrogen) atoms. The second kappa shape index (κ2) is 4.29. The van der Waals surface area contributed by atoms with Crippen LogP contribution in [0.2, 0.25) is 0 Å². The van der Waals surface area contributed by atoms with Gasteiger partial charge in [0.15, 0.2) is 0 Å². The zero-order valence-electron chi connectivity index (χ0n) is 9.35. The molecule has 0 amide bonds.